The Bertz CT molecular complexity index is 501. The van der Waals surface area contributed by atoms with E-state index in [0.717, 1.165) is 0 Å². The molecule has 0 radical (unpaired) electrons. The predicted molar refractivity (Wildman–Crippen MR) is 72.4 cm³/mol. The van der Waals surface area contributed by atoms with Crippen LogP contribution in [0.15, 0.2) is 0 Å². The molecule has 0 spiro atoms. The van der Waals surface area contributed by atoms with E-state index in [-0.39, 0.29) is 13.0 Å². The van der Waals surface area contributed by atoms with E-state index in [2.05, 4.69) is 5.92 Å². The number of ether oxygens (including phenoxy) is 2. The third-order valence-corrected chi connectivity index (χ3v) is 2.93. The summed E-state index contributed by atoms with van der Waals surface area (Å²) in [5, 5.41) is 9.30. The lowest BCUT2D eigenvalue weighted by atomic mass is 10.1. The number of amides is 2. The predicted octanol–water partition coefficient (Wildman–Crippen LogP) is 1.86. The number of imide groups is 1. The summed E-state index contributed by atoms with van der Waals surface area (Å²) in [4.78, 5) is 36.0. The summed E-state index contributed by atoms with van der Waals surface area (Å²) in [6.45, 7) is 6.41. The molecule has 0 heterocycles. The SMILES string of the molecule is C#C[C@@H]1C[C@@]1(C(=O)OCC)N(C(=O)O)C(=O)OC(C)(C)C. The van der Waals surface area contributed by atoms with Crippen LogP contribution in [0.25, 0.3) is 0 Å². The summed E-state index contributed by atoms with van der Waals surface area (Å²) in [5.41, 5.74) is -2.58. The molecule has 7 nitrogen and oxygen atoms in total. The molecule has 2 atom stereocenters. The first-order chi connectivity index (χ1) is 9.60. The van der Waals surface area contributed by atoms with Crippen LogP contribution in [0, 0.1) is 18.3 Å². The first-order valence-corrected chi connectivity index (χ1v) is 6.49. The van der Waals surface area contributed by atoms with Gasteiger partial charge in [-0.25, -0.2) is 14.4 Å². The van der Waals surface area contributed by atoms with Gasteiger partial charge < -0.3 is 14.6 Å². The second-order valence-corrected chi connectivity index (χ2v) is 5.67. The molecular weight excluding hydrogens is 278 g/mol. The van der Waals surface area contributed by atoms with Crippen LogP contribution in [0.3, 0.4) is 0 Å². The lowest BCUT2D eigenvalue weighted by Gasteiger charge is -2.29. The van der Waals surface area contributed by atoms with Crippen LogP contribution in [0.4, 0.5) is 9.59 Å². The smallest absolute Gasteiger partial charge is 0.420 e. The summed E-state index contributed by atoms with van der Waals surface area (Å²) >= 11 is 0. The van der Waals surface area contributed by atoms with Crippen molar-refractivity contribution in [1.82, 2.24) is 4.90 Å². The second kappa shape index (κ2) is 5.64. The lowest BCUT2D eigenvalue weighted by Crippen LogP contribution is -2.53. The van der Waals surface area contributed by atoms with Gasteiger partial charge in [0.15, 0.2) is 5.54 Å². The Hall–Kier alpha value is -2.23. The van der Waals surface area contributed by atoms with Gasteiger partial charge in [-0.1, -0.05) is 0 Å². The van der Waals surface area contributed by atoms with Crippen LogP contribution in [0.2, 0.25) is 0 Å². The van der Waals surface area contributed by atoms with E-state index in [1.807, 2.05) is 0 Å². The number of hydrogen-bond acceptors (Lipinski definition) is 5. The molecule has 0 aromatic carbocycles. The fourth-order valence-corrected chi connectivity index (χ4v) is 1.99. The molecular formula is C14H19NO6. The number of esters is 1. The first kappa shape index (κ1) is 16.8. The van der Waals surface area contributed by atoms with E-state index >= 15 is 0 Å². The molecule has 21 heavy (non-hydrogen) atoms. The number of hydrogen-bond donors (Lipinski definition) is 1. The summed E-state index contributed by atoms with van der Waals surface area (Å²) < 4.78 is 9.90. The Morgan fingerprint density at radius 2 is 2.00 bits per heavy atom. The molecule has 0 saturated heterocycles. The van der Waals surface area contributed by atoms with Gasteiger partial charge in [0.2, 0.25) is 0 Å². The normalized spacial score (nSPS) is 23.7. The van der Waals surface area contributed by atoms with Gasteiger partial charge in [0, 0.05) is 6.42 Å². The van der Waals surface area contributed by atoms with Crippen molar-refractivity contribution in [2.45, 2.75) is 45.3 Å². The number of nitrogens with zero attached hydrogens (tertiary/aromatic N) is 1. The molecule has 0 aromatic rings. The monoisotopic (exact) mass is 297 g/mol. The number of carbonyl (C=O) groups excluding carboxylic acids is 2. The molecule has 1 aliphatic carbocycles. The minimum absolute atomic E-state index is 0.0356. The summed E-state index contributed by atoms with van der Waals surface area (Å²) in [5.74, 6) is 0.768. The highest BCUT2D eigenvalue weighted by Gasteiger charge is 2.69. The topological polar surface area (TPSA) is 93.1 Å². The standard InChI is InChI=1S/C14H19NO6/c1-6-9-8-14(9,10(16)20-7-2)15(11(17)18)12(19)21-13(3,4)5/h1,9H,7-8H2,2-5H3,(H,17,18)/t9-,14-/m1/s1. The Balaban J connectivity index is 3.14. The minimum atomic E-state index is -1.68. The van der Waals surface area contributed by atoms with Crippen molar-refractivity contribution in [3.05, 3.63) is 0 Å². The van der Waals surface area contributed by atoms with Gasteiger partial charge in [0.25, 0.3) is 0 Å². The van der Waals surface area contributed by atoms with Crippen molar-refractivity contribution in [3.8, 4) is 12.3 Å². The third kappa shape index (κ3) is 3.27. The van der Waals surface area contributed by atoms with Crippen molar-refractivity contribution >= 4 is 18.2 Å². The average Bonchev–Trinajstić information content (AvgIpc) is 3.02. The van der Waals surface area contributed by atoms with Crippen molar-refractivity contribution in [2.24, 2.45) is 5.92 Å². The molecule has 1 aliphatic rings. The Morgan fingerprint density at radius 1 is 1.43 bits per heavy atom. The summed E-state index contributed by atoms with van der Waals surface area (Å²) in [6.07, 6.45) is 2.57. The maximum absolute atomic E-state index is 12.1. The van der Waals surface area contributed by atoms with E-state index < -0.39 is 35.2 Å². The highest BCUT2D eigenvalue weighted by molar-refractivity contribution is 5.99. The van der Waals surface area contributed by atoms with Crippen LogP contribution in [0.1, 0.15) is 34.1 Å². The van der Waals surface area contributed by atoms with Crippen molar-refractivity contribution in [1.29, 1.82) is 0 Å². The van der Waals surface area contributed by atoms with E-state index in [1.54, 1.807) is 27.7 Å². The average molecular weight is 297 g/mol. The van der Waals surface area contributed by atoms with Crippen molar-refractivity contribution in [2.75, 3.05) is 6.61 Å². The molecule has 2 amide bonds. The van der Waals surface area contributed by atoms with Gasteiger partial charge >= 0.3 is 18.2 Å². The highest BCUT2D eigenvalue weighted by atomic mass is 16.6. The van der Waals surface area contributed by atoms with Gasteiger partial charge in [-0.05, 0) is 27.7 Å². The third-order valence-electron chi connectivity index (χ3n) is 2.93. The van der Waals surface area contributed by atoms with Crippen molar-refractivity contribution in [3.63, 3.8) is 0 Å². The molecule has 0 bridgehead atoms. The molecule has 7 heteroatoms. The molecule has 116 valence electrons. The van der Waals surface area contributed by atoms with Crippen LogP contribution in [0.5, 0.6) is 0 Å². The second-order valence-electron chi connectivity index (χ2n) is 5.67. The maximum Gasteiger partial charge on any atom is 0.420 e. The Kier molecular flexibility index (Phi) is 4.52. The minimum Gasteiger partial charge on any atom is -0.464 e. The zero-order chi connectivity index (χ0) is 16.4. The van der Waals surface area contributed by atoms with E-state index in [9.17, 15) is 19.5 Å². The zero-order valence-electron chi connectivity index (χ0n) is 12.5. The fraction of sp³-hybridized carbons (Fsp3) is 0.643. The van der Waals surface area contributed by atoms with Crippen LogP contribution < -0.4 is 0 Å². The molecule has 0 aliphatic heterocycles. The summed E-state index contributed by atoms with van der Waals surface area (Å²) in [7, 11) is 0. The number of rotatable bonds is 3. The number of carbonyl (C=O) groups is 3. The molecule has 1 saturated carbocycles. The number of carboxylic acid groups (broad SMARTS) is 1. The van der Waals surface area contributed by atoms with Gasteiger partial charge in [0.05, 0.1) is 12.5 Å². The van der Waals surface area contributed by atoms with Gasteiger partial charge in [0.1, 0.15) is 5.60 Å². The molecule has 1 N–H and O–H groups in total. The van der Waals surface area contributed by atoms with Crippen LogP contribution in [-0.4, -0.2) is 45.9 Å². The Morgan fingerprint density at radius 3 is 2.33 bits per heavy atom. The van der Waals surface area contributed by atoms with E-state index in [4.69, 9.17) is 15.9 Å². The van der Waals surface area contributed by atoms with Gasteiger partial charge in [-0.2, -0.15) is 4.90 Å². The van der Waals surface area contributed by atoms with Crippen molar-refractivity contribution < 1.29 is 29.0 Å². The molecule has 0 aromatic heterocycles. The molecule has 1 fully saturated rings. The zero-order valence-corrected chi connectivity index (χ0v) is 12.5. The van der Waals surface area contributed by atoms with E-state index in [0.29, 0.717) is 4.90 Å². The number of terminal acetylenes is 1. The Labute approximate surface area is 123 Å². The van der Waals surface area contributed by atoms with Gasteiger partial charge in [-0.3, -0.25) is 0 Å². The largest absolute Gasteiger partial charge is 0.464 e. The van der Waals surface area contributed by atoms with E-state index in [1.165, 1.54) is 0 Å². The first-order valence-electron chi connectivity index (χ1n) is 6.49. The quantitative estimate of drug-likeness (QED) is 0.631. The lowest BCUT2D eigenvalue weighted by molar-refractivity contribution is -0.150. The molecule has 0 unspecified atom stereocenters. The fourth-order valence-electron chi connectivity index (χ4n) is 1.99. The highest BCUT2D eigenvalue weighted by Crippen LogP contribution is 2.49. The van der Waals surface area contributed by atoms with Crippen LogP contribution >= 0.6 is 0 Å². The van der Waals surface area contributed by atoms with Gasteiger partial charge in [-0.15, -0.1) is 12.3 Å². The summed E-state index contributed by atoms with van der Waals surface area (Å²) in [6, 6.07) is 0. The maximum atomic E-state index is 12.1. The van der Waals surface area contributed by atoms with Crippen LogP contribution in [-0.2, 0) is 14.3 Å². The molecule has 1 rings (SSSR count).